The van der Waals surface area contributed by atoms with E-state index in [-0.39, 0.29) is 0 Å². The Balaban J connectivity index is 4.21. The lowest BCUT2D eigenvalue weighted by atomic mass is 9.81. The van der Waals surface area contributed by atoms with Gasteiger partial charge in [0, 0.05) is 0 Å². The van der Waals surface area contributed by atoms with Crippen LogP contribution in [0.2, 0.25) is 0 Å². The SMILES string of the molecule is CC(C)CCC(O)C(CO)(CO)CO. The van der Waals surface area contributed by atoms with E-state index in [0.717, 1.165) is 6.42 Å². The molecule has 1 unspecified atom stereocenters. The molecule has 0 saturated carbocycles. The van der Waals surface area contributed by atoms with Gasteiger partial charge in [-0.25, -0.2) is 0 Å². The molecule has 0 rings (SSSR count). The largest absolute Gasteiger partial charge is 0.396 e. The van der Waals surface area contributed by atoms with Crippen molar-refractivity contribution in [1.29, 1.82) is 0 Å². The molecule has 0 amide bonds. The average molecular weight is 206 g/mol. The van der Waals surface area contributed by atoms with E-state index in [4.69, 9.17) is 15.3 Å². The van der Waals surface area contributed by atoms with Crippen LogP contribution in [0.25, 0.3) is 0 Å². The minimum atomic E-state index is -1.16. The molecule has 0 aromatic heterocycles. The van der Waals surface area contributed by atoms with Crippen LogP contribution < -0.4 is 0 Å². The van der Waals surface area contributed by atoms with Gasteiger partial charge in [0.25, 0.3) is 0 Å². The minimum absolute atomic E-state index is 0.404. The third-order valence-electron chi connectivity index (χ3n) is 2.67. The zero-order valence-electron chi connectivity index (χ0n) is 8.98. The predicted octanol–water partition coefficient (Wildman–Crippen LogP) is -0.253. The van der Waals surface area contributed by atoms with Gasteiger partial charge in [-0.3, -0.25) is 0 Å². The maximum absolute atomic E-state index is 9.73. The maximum atomic E-state index is 9.73. The van der Waals surface area contributed by atoms with E-state index in [0.29, 0.717) is 12.3 Å². The minimum Gasteiger partial charge on any atom is -0.396 e. The van der Waals surface area contributed by atoms with Crippen molar-refractivity contribution < 1.29 is 20.4 Å². The van der Waals surface area contributed by atoms with Gasteiger partial charge < -0.3 is 20.4 Å². The van der Waals surface area contributed by atoms with Gasteiger partial charge in [-0.1, -0.05) is 13.8 Å². The van der Waals surface area contributed by atoms with E-state index in [1.54, 1.807) is 0 Å². The fourth-order valence-electron chi connectivity index (χ4n) is 1.26. The van der Waals surface area contributed by atoms with Crippen molar-refractivity contribution in [3.8, 4) is 0 Å². The normalized spacial score (nSPS) is 14.8. The quantitative estimate of drug-likeness (QED) is 0.463. The number of aliphatic hydroxyl groups is 4. The highest BCUT2D eigenvalue weighted by Crippen LogP contribution is 2.24. The third kappa shape index (κ3) is 3.53. The number of rotatable bonds is 7. The molecule has 4 N–H and O–H groups in total. The van der Waals surface area contributed by atoms with Gasteiger partial charge in [0.05, 0.1) is 31.3 Å². The highest BCUT2D eigenvalue weighted by atomic mass is 16.3. The van der Waals surface area contributed by atoms with Crippen LogP contribution in [0.15, 0.2) is 0 Å². The molecule has 0 bridgehead atoms. The zero-order chi connectivity index (χ0) is 11.2. The summed E-state index contributed by atoms with van der Waals surface area (Å²) >= 11 is 0. The molecule has 0 radical (unpaired) electrons. The summed E-state index contributed by atoms with van der Waals surface area (Å²) < 4.78 is 0. The highest BCUT2D eigenvalue weighted by molar-refractivity contribution is 4.85. The van der Waals surface area contributed by atoms with Crippen molar-refractivity contribution in [1.82, 2.24) is 0 Å². The molecule has 0 aliphatic carbocycles. The lowest BCUT2D eigenvalue weighted by Gasteiger charge is -2.33. The van der Waals surface area contributed by atoms with Crippen LogP contribution in [0.3, 0.4) is 0 Å². The van der Waals surface area contributed by atoms with Gasteiger partial charge in [0.15, 0.2) is 0 Å². The molecule has 0 heterocycles. The standard InChI is InChI=1S/C10H22O4/c1-8(2)3-4-9(14)10(5-11,6-12)7-13/h8-9,11-14H,3-7H2,1-2H3. The summed E-state index contributed by atoms with van der Waals surface area (Å²) in [6, 6.07) is 0. The second-order valence-corrected chi connectivity index (χ2v) is 4.32. The van der Waals surface area contributed by atoms with E-state index < -0.39 is 31.3 Å². The van der Waals surface area contributed by atoms with Crippen molar-refractivity contribution >= 4 is 0 Å². The Labute approximate surface area is 85.2 Å². The van der Waals surface area contributed by atoms with Gasteiger partial charge in [0.1, 0.15) is 0 Å². The molecular formula is C10H22O4. The number of aliphatic hydroxyl groups excluding tert-OH is 4. The van der Waals surface area contributed by atoms with E-state index in [1.165, 1.54) is 0 Å². The van der Waals surface area contributed by atoms with Gasteiger partial charge in [-0.15, -0.1) is 0 Å². The van der Waals surface area contributed by atoms with Crippen molar-refractivity contribution in [3.05, 3.63) is 0 Å². The van der Waals surface area contributed by atoms with E-state index in [9.17, 15) is 5.11 Å². The molecule has 4 nitrogen and oxygen atoms in total. The van der Waals surface area contributed by atoms with Crippen molar-refractivity contribution in [2.75, 3.05) is 19.8 Å². The molecule has 0 fully saturated rings. The first-order valence-electron chi connectivity index (χ1n) is 5.03. The summed E-state index contributed by atoms with van der Waals surface area (Å²) in [5.41, 5.74) is -1.16. The summed E-state index contributed by atoms with van der Waals surface area (Å²) in [4.78, 5) is 0. The molecule has 14 heavy (non-hydrogen) atoms. The predicted molar refractivity (Wildman–Crippen MR) is 53.8 cm³/mol. The van der Waals surface area contributed by atoms with Crippen LogP contribution >= 0.6 is 0 Å². The molecule has 0 aromatic carbocycles. The molecule has 0 spiro atoms. The first kappa shape index (κ1) is 13.8. The first-order chi connectivity index (χ1) is 6.52. The Kier molecular flexibility index (Phi) is 6.27. The summed E-state index contributed by atoms with van der Waals surface area (Å²) in [5.74, 6) is 0.457. The Morgan fingerprint density at radius 2 is 1.36 bits per heavy atom. The Morgan fingerprint density at radius 3 is 1.64 bits per heavy atom. The van der Waals surface area contributed by atoms with Crippen LogP contribution in [-0.2, 0) is 0 Å². The maximum Gasteiger partial charge on any atom is 0.0662 e. The second-order valence-electron chi connectivity index (χ2n) is 4.32. The van der Waals surface area contributed by atoms with Crippen LogP contribution in [-0.4, -0.2) is 46.4 Å². The van der Waals surface area contributed by atoms with Gasteiger partial charge in [-0.05, 0) is 18.8 Å². The molecule has 0 saturated heterocycles. The lowest BCUT2D eigenvalue weighted by molar-refractivity contribution is -0.0870. The summed E-state index contributed by atoms with van der Waals surface area (Å²) in [5, 5.41) is 36.8. The van der Waals surface area contributed by atoms with Crippen LogP contribution in [0, 0.1) is 11.3 Å². The van der Waals surface area contributed by atoms with Crippen LogP contribution in [0.1, 0.15) is 26.7 Å². The number of hydrogen-bond donors (Lipinski definition) is 4. The smallest absolute Gasteiger partial charge is 0.0662 e. The van der Waals surface area contributed by atoms with E-state index in [1.807, 2.05) is 13.8 Å². The Bertz CT molecular complexity index is 135. The lowest BCUT2D eigenvalue weighted by Crippen LogP contribution is -2.45. The van der Waals surface area contributed by atoms with E-state index >= 15 is 0 Å². The molecule has 0 aliphatic rings. The molecule has 0 aromatic rings. The molecular weight excluding hydrogens is 184 g/mol. The van der Waals surface area contributed by atoms with Gasteiger partial charge >= 0.3 is 0 Å². The monoisotopic (exact) mass is 206 g/mol. The van der Waals surface area contributed by atoms with Crippen molar-refractivity contribution in [3.63, 3.8) is 0 Å². The van der Waals surface area contributed by atoms with E-state index in [2.05, 4.69) is 0 Å². The van der Waals surface area contributed by atoms with Crippen LogP contribution in [0.5, 0.6) is 0 Å². The van der Waals surface area contributed by atoms with Crippen molar-refractivity contribution in [2.45, 2.75) is 32.8 Å². The van der Waals surface area contributed by atoms with Crippen LogP contribution in [0.4, 0.5) is 0 Å². The molecule has 0 aliphatic heterocycles. The Hall–Kier alpha value is -0.160. The molecule has 1 atom stereocenters. The van der Waals surface area contributed by atoms with Gasteiger partial charge in [0.2, 0.25) is 0 Å². The first-order valence-corrected chi connectivity index (χ1v) is 5.03. The van der Waals surface area contributed by atoms with Gasteiger partial charge in [-0.2, -0.15) is 0 Å². The fourth-order valence-corrected chi connectivity index (χ4v) is 1.26. The fraction of sp³-hybridized carbons (Fsp3) is 1.00. The zero-order valence-corrected chi connectivity index (χ0v) is 8.98. The third-order valence-corrected chi connectivity index (χ3v) is 2.67. The second kappa shape index (κ2) is 6.35. The van der Waals surface area contributed by atoms with Crippen molar-refractivity contribution in [2.24, 2.45) is 11.3 Å². The molecule has 4 heteroatoms. The Morgan fingerprint density at radius 1 is 0.929 bits per heavy atom. The highest BCUT2D eigenvalue weighted by Gasteiger charge is 2.36. The summed E-state index contributed by atoms with van der Waals surface area (Å²) in [6.07, 6.45) is 0.437. The molecule has 86 valence electrons. The number of hydrogen-bond acceptors (Lipinski definition) is 4. The summed E-state index contributed by atoms with van der Waals surface area (Å²) in [7, 11) is 0. The topological polar surface area (TPSA) is 80.9 Å². The summed E-state index contributed by atoms with van der Waals surface area (Å²) in [6.45, 7) is 2.86. The average Bonchev–Trinajstić information content (AvgIpc) is 2.18.